The molecule has 192 valence electrons. The number of nitrogens with one attached hydrogen (secondary N) is 1. The third-order valence-corrected chi connectivity index (χ3v) is 6.66. The number of carbonyl (C=O) groups excluding carboxylic acids is 2. The minimum atomic E-state index is -5.90. The second kappa shape index (κ2) is 10.6. The van der Waals surface area contributed by atoms with Crippen molar-refractivity contribution in [3.63, 3.8) is 0 Å². The van der Waals surface area contributed by atoms with Crippen molar-refractivity contribution in [2.45, 2.75) is 38.9 Å². The van der Waals surface area contributed by atoms with Crippen molar-refractivity contribution in [1.29, 1.82) is 0 Å². The number of hydrogen-bond donors (Lipinski definition) is 2. The summed E-state index contributed by atoms with van der Waals surface area (Å²) in [5, 5.41) is 8.82. The van der Waals surface area contributed by atoms with Gasteiger partial charge < -0.3 is 14.2 Å². The highest BCUT2D eigenvalue weighted by Gasteiger charge is 2.45. The third-order valence-electron chi connectivity index (χ3n) is 4.56. The number of amides is 1. The summed E-state index contributed by atoms with van der Waals surface area (Å²) < 4.78 is 89.0. The lowest BCUT2D eigenvalue weighted by Crippen LogP contribution is -2.38. The average molecular weight is 532 g/mol. The SMILES string of the molecule is CCC(C)(C)C(=O)NCOC(=O)c1ccc(OS(=O)(=O)CCC(F)(F)S(=O)(=O)O)c([N+](=O)[O-])c1. The number of halogens is 2. The highest BCUT2D eigenvalue weighted by atomic mass is 32.2. The maximum absolute atomic E-state index is 13.2. The van der Waals surface area contributed by atoms with Crippen molar-refractivity contribution >= 4 is 37.8 Å². The summed E-state index contributed by atoms with van der Waals surface area (Å²) in [7, 11) is -10.9. The molecule has 0 aliphatic carbocycles. The average Bonchev–Trinajstić information content (AvgIpc) is 2.71. The predicted molar refractivity (Wildman–Crippen MR) is 111 cm³/mol. The summed E-state index contributed by atoms with van der Waals surface area (Å²) in [6.07, 6.45) is -1.39. The lowest BCUT2D eigenvalue weighted by Gasteiger charge is -2.21. The summed E-state index contributed by atoms with van der Waals surface area (Å²) >= 11 is 0. The molecule has 0 aliphatic heterocycles. The van der Waals surface area contributed by atoms with Crippen LogP contribution in [-0.2, 0) is 29.8 Å². The normalized spacial score (nSPS) is 12.6. The van der Waals surface area contributed by atoms with E-state index in [0.29, 0.717) is 18.6 Å². The zero-order valence-electron chi connectivity index (χ0n) is 18.1. The van der Waals surface area contributed by atoms with Crippen LogP contribution < -0.4 is 9.50 Å². The molecule has 1 aromatic rings. The molecule has 13 nitrogen and oxygen atoms in total. The Kier molecular flexibility index (Phi) is 9.04. The van der Waals surface area contributed by atoms with Gasteiger partial charge in [-0.05, 0) is 18.6 Å². The van der Waals surface area contributed by atoms with E-state index in [4.69, 9.17) is 9.29 Å². The van der Waals surface area contributed by atoms with Gasteiger partial charge in [0, 0.05) is 17.9 Å². The summed E-state index contributed by atoms with van der Waals surface area (Å²) in [5.41, 5.74) is -2.20. The van der Waals surface area contributed by atoms with Gasteiger partial charge in [-0.3, -0.25) is 19.5 Å². The Hall–Kier alpha value is -2.92. The topological polar surface area (TPSA) is 196 Å². The fourth-order valence-corrected chi connectivity index (χ4v) is 3.55. The summed E-state index contributed by atoms with van der Waals surface area (Å²) in [6.45, 7) is 4.53. The lowest BCUT2D eigenvalue weighted by atomic mass is 9.89. The number of esters is 1. The van der Waals surface area contributed by atoms with Gasteiger partial charge in [0.05, 0.1) is 16.2 Å². The second-order valence-electron chi connectivity index (χ2n) is 7.47. The largest absolute Gasteiger partial charge is 0.441 e. The molecule has 0 aliphatic rings. The molecule has 0 spiro atoms. The third kappa shape index (κ3) is 7.84. The summed E-state index contributed by atoms with van der Waals surface area (Å²) in [5.74, 6) is -4.09. The zero-order chi connectivity index (χ0) is 26.5. The Balaban J connectivity index is 2.96. The molecular weight excluding hydrogens is 510 g/mol. The van der Waals surface area contributed by atoms with Crippen molar-refractivity contribution in [1.82, 2.24) is 5.32 Å². The molecule has 2 N–H and O–H groups in total. The molecule has 1 amide bonds. The van der Waals surface area contributed by atoms with Gasteiger partial charge in [-0.25, -0.2) is 4.79 Å². The molecular formula is C17H22F2N2O11S2. The van der Waals surface area contributed by atoms with Crippen LogP contribution in [0.25, 0.3) is 0 Å². The predicted octanol–water partition coefficient (Wildman–Crippen LogP) is 1.84. The highest BCUT2D eigenvalue weighted by molar-refractivity contribution is 7.88. The van der Waals surface area contributed by atoms with Crippen LogP contribution in [0.1, 0.15) is 44.0 Å². The molecule has 0 saturated heterocycles. The van der Waals surface area contributed by atoms with E-state index in [2.05, 4.69) is 9.50 Å². The smallest absolute Gasteiger partial charge is 0.371 e. The Morgan fingerprint density at radius 1 is 1.21 bits per heavy atom. The van der Waals surface area contributed by atoms with E-state index in [1.165, 1.54) is 0 Å². The lowest BCUT2D eigenvalue weighted by molar-refractivity contribution is -0.385. The van der Waals surface area contributed by atoms with Crippen molar-refractivity contribution in [3.05, 3.63) is 33.9 Å². The Bertz CT molecular complexity index is 1170. The minimum Gasteiger partial charge on any atom is -0.441 e. The van der Waals surface area contributed by atoms with E-state index in [9.17, 15) is 45.3 Å². The molecule has 0 unspecified atom stereocenters. The van der Waals surface area contributed by atoms with Crippen LogP contribution in [0.2, 0.25) is 0 Å². The quantitative estimate of drug-likeness (QED) is 0.0995. The van der Waals surface area contributed by atoms with Crippen molar-refractivity contribution in [3.8, 4) is 5.75 Å². The van der Waals surface area contributed by atoms with Crippen LogP contribution in [0, 0.1) is 15.5 Å². The van der Waals surface area contributed by atoms with Crippen molar-refractivity contribution < 1.29 is 53.6 Å². The number of nitro groups is 1. The number of alkyl halides is 2. The number of nitro benzene ring substituents is 1. The van der Waals surface area contributed by atoms with Crippen LogP contribution >= 0.6 is 0 Å². The van der Waals surface area contributed by atoms with Gasteiger partial charge in [0.1, 0.15) is 0 Å². The van der Waals surface area contributed by atoms with E-state index in [1.807, 2.05) is 0 Å². The van der Waals surface area contributed by atoms with Crippen LogP contribution in [0.5, 0.6) is 5.75 Å². The number of benzene rings is 1. The molecule has 34 heavy (non-hydrogen) atoms. The standard InChI is InChI=1S/C17H22F2N2O11S2/c1-4-16(2,3)15(23)20-10-31-14(22)11-5-6-13(12(9-11)21(24)25)32-33(26,27)8-7-17(18,19)34(28,29)30/h5-6,9H,4,7-8,10H2,1-3H3,(H,20,23)(H,28,29,30). The van der Waals surface area contributed by atoms with E-state index in [0.717, 1.165) is 6.07 Å². The van der Waals surface area contributed by atoms with Gasteiger partial charge in [-0.1, -0.05) is 20.8 Å². The molecule has 0 fully saturated rings. The number of ether oxygens (including phenoxy) is 1. The zero-order valence-corrected chi connectivity index (χ0v) is 19.7. The Labute approximate surface area is 193 Å². The van der Waals surface area contributed by atoms with Gasteiger partial charge in [0.15, 0.2) is 6.73 Å². The maximum atomic E-state index is 13.2. The van der Waals surface area contributed by atoms with Crippen LogP contribution in [-0.4, -0.2) is 55.9 Å². The van der Waals surface area contributed by atoms with Crippen LogP contribution in [0.15, 0.2) is 18.2 Å². The molecule has 0 heterocycles. The fourth-order valence-electron chi connectivity index (χ4n) is 2.06. The molecule has 0 bridgehead atoms. The molecule has 0 radical (unpaired) electrons. The van der Waals surface area contributed by atoms with E-state index in [-0.39, 0.29) is 0 Å². The second-order valence-corrected chi connectivity index (χ2v) is 10.7. The first-order valence-electron chi connectivity index (χ1n) is 9.34. The molecule has 0 atom stereocenters. The fraction of sp³-hybridized carbons (Fsp3) is 0.529. The molecule has 1 rings (SSSR count). The van der Waals surface area contributed by atoms with E-state index >= 15 is 0 Å². The number of rotatable bonds is 12. The van der Waals surface area contributed by atoms with E-state index < -0.39 is 83.6 Å². The van der Waals surface area contributed by atoms with E-state index in [1.54, 1.807) is 20.8 Å². The molecule has 0 aromatic heterocycles. The Morgan fingerprint density at radius 2 is 1.79 bits per heavy atom. The molecule has 0 saturated carbocycles. The highest BCUT2D eigenvalue weighted by Crippen LogP contribution is 2.31. The summed E-state index contributed by atoms with van der Waals surface area (Å²) in [6, 6.07) is 2.16. The first-order valence-corrected chi connectivity index (χ1v) is 12.4. The number of carbonyl (C=O) groups is 2. The van der Waals surface area contributed by atoms with Gasteiger partial charge in [-0.2, -0.15) is 25.6 Å². The maximum Gasteiger partial charge on any atom is 0.371 e. The molecule has 17 heteroatoms. The van der Waals surface area contributed by atoms with Crippen LogP contribution in [0.3, 0.4) is 0 Å². The molecule has 1 aromatic carbocycles. The number of hydrogen-bond acceptors (Lipinski definition) is 10. The van der Waals surface area contributed by atoms with Gasteiger partial charge in [0.2, 0.25) is 11.7 Å². The van der Waals surface area contributed by atoms with Crippen molar-refractivity contribution in [2.24, 2.45) is 5.41 Å². The van der Waals surface area contributed by atoms with Gasteiger partial charge in [0.25, 0.3) is 0 Å². The Morgan fingerprint density at radius 3 is 2.29 bits per heavy atom. The first kappa shape index (κ1) is 29.1. The number of nitrogens with zero attached hydrogens (tertiary/aromatic N) is 1. The first-order chi connectivity index (χ1) is 15.3. The monoisotopic (exact) mass is 532 g/mol. The van der Waals surface area contributed by atoms with Crippen molar-refractivity contribution in [2.75, 3.05) is 12.5 Å². The summed E-state index contributed by atoms with van der Waals surface area (Å²) in [4.78, 5) is 34.2. The van der Waals surface area contributed by atoms with Gasteiger partial charge >= 0.3 is 37.1 Å². The minimum absolute atomic E-state index is 0.415. The van der Waals surface area contributed by atoms with Crippen LogP contribution in [0.4, 0.5) is 14.5 Å². The van der Waals surface area contributed by atoms with Gasteiger partial charge in [-0.15, -0.1) is 0 Å².